The van der Waals surface area contributed by atoms with Gasteiger partial charge in [-0.25, -0.2) is 0 Å². The van der Waals surface area contributed by atoms with Crippen LogP contribution in [0.5, 0.6) is 11.5 Å². The minimum atomic E-state index is -1.15. The van der Waals surface area contributed by atoms with E-state index < -0.39 is 5.79 Å². The first-order valence-corrected chi connectivity index (χ1v) is 9.34. The minimum Gasteiger partial charge on any atom is -0.504 e. The zero-order chi connectivity index (χ0) is 18.0. The number of phenolic OH excluding ortho intramolecular Hbond substituents is 2. The van der Waals surface area contributed by atoms with E-state index in [9.17, 15) is 10.2 Å². The van der Waals surface area contributed by atoms with Gasteiger partial charge in [-0.05, 0) is 42.7 Å². The molecule has 1 heterocycles. The lowest BCUT2D eigenvalue weighted by molar-refractivity contribution is -0.220. The van der Waals surface area contributed by atoms with Crippen molar-refractivity contribution in [1.82, 2.24) is 0 Å². The summed E-state index contributed by atoms with van der Waals surface area (Å²) in [7, 11) is 0. The van der Waals surface area contributed by atoms with Crippen LogP contribution in [0.2, 0.25) is 0 Å². The van der Waals surface area contributed by atoms with Crippen molar-refractivity contribution in [3.8, 4) is 11.5 Å². The average Bonchev–Trinajstić information content (AvgIpc) is 3.05. The lowest BCUT2D eigenvalue weighted by Gasteiger charge is -2.39. The molecule has 3 rings (SSSR count). The van der Waals surface area contributed by atoms with Crippen LogP contribution in [0.25, 0.3) is 0 Å². The van der Waals surface area contributed by atoms with Gasteiger partial charge in [0.05, 0.1) is 24.9 Å². The molecule has 0 amide bonds. The van der Waals surface area contributed by atoms with Crippen molar-refractivity contribution in [3.05, 3.63) is 23.8 Å². The Balaban J connectivity index is 1.79. The van der Waals surface area contributed by atoms with Crippen molar-refractivity contribution in [2.75, 3.05) is 19.8 Å². The second-order valence-corrected chi connectivity index (χ2v) is 7.80. The Morgan fingerprint density at radius 2 is 1.92 bits per heavy atom. The highest BCUT2D eigenvalue weighted by Gasteiger charge is 2.43. The summed E-state index contributed by atoms with van der Waals surface area (Å²) in [4.78, 5) is 0. The highest BCUT2D eigenvalue weighted by molar-refractivity contribution is 5.46. The highest BCUT2D eigenvalue weighted by Crippen LogP contribution is 2.42. The van der Waals surface area contributed by atoms with Crippen LogP contribution in [0.4, 0.5) is 0 Å². The molecular weight excluding hydrogens is 320 g/mol. The second-order valence-electron chi connectivity index (χ2n) is 7.80. The van der Waals surface area contributed by atoms with Crippen LogP contribution in [-0.4, -0.2) is 36.1 Å². The number of benzene rings is 1. The van der Waals surface area contributed by atoms with Crippen molar-refractivity contribution in [3.63, 3.8) is 0 Å². The van der Waals surface area contributed by atoms with Gasteiger partial charge in [-0.2, -0.15) is 0 Å². The van der Waals surface area contributed by atoms with Gasteiger partial charge in [-0.3, -0.25) is 0 Å². The number of hydrogen-bond donors (Lipinski definition) is 2. The van der Waals surface area contributed by atoms with Crippen LogP contribution >= 0.6 is 0 Å². The maximum atomic E-state index is 10.3. The largest absolute Gasteiger partial charge is 0.504 e. The average molecular weight is 350 g/mol. The van der Waals surface area contributed by atoms with E-state index in [1.54, 1.807) is 12.1 Å². The molecule has 1 aromatic rings. The molecule has 0 spiro atoms. The van der Waals surface area contributed by atoms with Gasteiger partial charge in [-0.1, -0.05) is 33.3 Å². The predicted molar refractivity (Wildman–Crippen MR) is 94.4 cm³/mol. The van der Waals surface area contributed by atoms with Gasteiger partial charge in [0.2, 0.25) is 5.79 Å². The number of aromatic hydroxyl groups is 2. The maximum absolute atomic E-state index is 10.3. The summed E-state index contributed by atoms with van der Waals surface area (Å²) in [6.07, 6.45) is 3.61. The summed E-state index contributed by atoms with van der Waals surface area (Å²) in [6.45, 7) is 7.85. The number of ether oxygens (including phenoxy) is 3. The summed E-state index contributed by atoms with van der Waals surface area (Å²) >= 11 is 0. The quantitative estimate of drug-likeness (QED) is 0.791. The van der Waals surface area contributed by atoms with Crippen LogP contribution < -0.4 is 0 Å². The molecule has 2 fully saturated rings. The first kappa shape index (κ1) is 18.5. The van der Waals surface area contributed by atoms with Gasteiger partial charge < -0.3 is 24.4 Å². The molecule has 1 aromatic carbocycles. The molecule has 0 bridgehead atoms. The molecule has 0 radical (unpaired) electrons. The topological polar surface area (TPSA) is 68.2 Å². The molecule has 25 heavy (non-hydrogen) atoms. The Kier molecular flexibility index (Phi) is 5.56. The number of rotatable bonds is 5. The third kappa shape index (κ3) is 3.78. The molecular formula is C20H30O5. The van der Waals surface area contributed by atoms with Crippen molar-refractivity contribution in [1.29, 1.82) is 0 Å². The van der Waals surface area contributed by atoms with Crippen LogP contribution in [0.1, 0.15) is 45.6 Å². The minimum absolute atomic E-state index is 0.160. The summed E-state index contributed by atoms with van der Waals surface area (Å²) in [5, 5.41) is 20.1. The molecule has 3 unspecified atom stereocenters. The Morgan fingerprint density at radius 3 is 2.60 bits per heavy atom. The molecule has 1 aliphatic heterocycles. The number of phenols is 2. The van der Waals surface area contributed by atoms with E-state index in [4.69, 9.17) is 14.2 Å². The fourth-order valence-corrected chi connectivity index (χ4v) is 4.13. The van der Waals surface area contributed by atoms with Gasteiger partial charge in [-0.15, -0.1) is 0 Å². The van der Waals surface area contributed by atoms with E-state index in [2.05, 4.69) is 20.8 Å². The third-order valence-corrected chi connectivity index (χ3v) is 5.63. The molecule has 5 nitrogen and oxygen atoms in total. The van der Waals surface area contributed by atoms with Gasteiger partial charge in [0.25, 0.3) is 0 Å². The normalized spacial score (nSPS) is 29.2. The van der Waals surface area contributed by atoms with Gasteiger partial charge >= 0.3 is 0 Å². The van der Waals surface area contributed by atoms with Crippen molar-refractivity contribution < 1.29 is 24.4 Å². The first-order chi connectivity index (χ1) is 11.9. The summed E-state index contributed by atoms with van der Waals surface area (Å²) in [5.41, 5.74) is 0.426. The molecule has 1 saturated carbocycles. The van der Waals surface area contributed by atoms with E-state index in [0.29, 0.717) is 36.5 Å². The number of hydrogen-bond acceptors (Lipinski definition) is 5. The smallest absolute Gasteiger partial charge is 0.223 e. The third-order valence-electron chi connectivity index (χ3n) is 5.63. The Labute approximate surface area is 149 Å². The molecule has 2 N–H and O–H groups in total. The van der Waals surface area contributed by atoms with E-state index in [-0.39, 0.29) is 24.2 Å². The SMILES string of the molecule is CC1CCC(C(C)C)C(OCC2(c3cccc(O)c3O)OCCO2)C1. The number of para-hydroxylation sites is 1. The fraction of sp³-hybridized carbons (Fsp3) is 0.700. The van der Waals surface area contributed by atoms with Crippen LogP contribution in [-0.2, 0) is 20.0 Å². The van der Waals surface area contributed by atoms with E-state index in [1.165, 1.54) is 18.9 Å². The van der Waals surface area contributed by atoms with E-state index in [0.717, 1.165) is 6.42 Å². The zero-order valence-electron chi connectivity index (χ0n) is 15.4. The van der Waals surface area contributed by atoms with Gasteiger partial charge in [0.15, 0.2) is 11.5 Å². The van der Waals surface area contributed by atoms with Crippen molar-refractivity contribution >= 4 is 0 Å². The van der Waals surface area contributed by atoms with E-state index >= 15 is 0 Å². The molecule has 0 aromatic heterocycles. The molecule has 1 saturated heterocycles. The Morgan fingerprint density at radius 1 is 1.20 bits per heavy atom. The van der Waals surface area contributed by atoms with Crippen LogP contribution in [0, 0.1) is 17.8 Å². The van der Waals surface area contributed by atoms with Crippen LogP contribution in [0.15, 0.2) is 18.2 Å². The summed E-state index contributed by atoms with van der Waals surface area (Å²) in [5.74, 6) is 0.203. The Hall–Kier alpha value is -1.30. The second kappa shape index (κ2) is 7.52. The Bertz CT molecular complexity index is 579. The molecule has 3 atom stereocenters. The van der Waals surface area contributed by atoms with Crippen LogP contribution in [0.3, 0.4) is 0 Å². The lowest BCUT2D eigenvalue weighted by atomic mass is 9.75. The highest BCUT2D eigenvalue weighted by atomic mass is 16.8. The maximum Gasteiger partial charge on any atom is 0.223 e. The molecule has 5 heteroatoms. The fourth-order valence-electron chi connectivity index (χ4n) is 4.13. The first-order valence-electron chi connectivity index (χ1n) is 9.34. The van der Waals surface area contributed by atoms with Gasteiger partial charge in [0, 0.05) is 0 Å². The standard InChI is InChI=1S/C20H30O5/c1-13(2)15-8-7-14(3)11-18(15)23-12-20(24-9-10-25-20)16-5-4-6-17(21)19(16)22/h4-6,13-15,18,21-22H,7-12H2,1-3H3. The lowest BCUT2D eigenvalue weighted by Crippen LogP contribution is -2.40. The molecule has 140 valence electrons. The van der Waals surface area contributed by atoms with E-state index in [1.807, 2.05) is 0 Å². The molecule has 1 aliphatic carbocycles. The zero-order valence-corrected chi connectivity index (χ0v) is 15.4. The van der Waals surface area contributed by atoms with Gasteiger partial charge in [0.1, 0.15) is 6.61 Å². The monoisotopic (exact) mass is 350 g/mol. The van der Waals surface area contributed by atoms with Crippen molar-refractivity contribution in [2.45, 2.75) is 51.9 Å². The van der Waals surface area contributed by atoms with Crippen molar-refractivity contribution in [2.24, 2.45) is 17.8 Å². The molecule has 2 aliphatic rings. The summed E-state index contributed by atoms with van der Waals surface area (Å²) < 4.78 is 18.0. The predicted octanol–water partition coefficient (Wildman–Crippen LogP) is 3.77. The summed E-state index contributed by atoms with van der Waals surface area (Å²) in [6, 6.07) is 4.84.